The predicted octanol–water partition coefficient (Wildman–Crippen LogP) is 1.67. The second-order valence-electron chi connectivity index (χ2n) is 7.87. The lowest BCUT2D eigenvalue weighted by molar-refractivity contribution is 0.00553. The maximum absolute atomic E-state index is 9.61. The highest BCUT2D eigenvalue weighted by Gasteiger charge is 2.33. The van der Waals surface area contributed by atoms with Gasteiger partial charge in [0.15, 0.2) is 4.96 Å². The molecule has 0 aromatic carbocycles. The van der Waals surface area contributed by atoms with Crippen molar-refractivity contribution in [2.45, 2.75) is 44.8 Å². The molecule has 0 unspecified atom stereocenters. The minimum Gasteiger partial charge on any atom is -0.396 e. The van der Waals surface area contributed by atoms with Crippen LogP contribution in [0.4, 0.5) is 0 Å². The fourth-order valence-corrected chi connectivity index (χ4v) is 5.41. The number of piperidine rings is 1. The number of piperazine rings is 1. The van der Waals surface area contributed by atoms with Gasteiger partial charge in [-0.05, 0) is 46.3 Å². The summed E-state index contributed by atoms with van der Waals surface area (Å²) in [6.07, 6.45) is 5.53. The van der Waals surface area contributed by atoms with Crippen LogP contribution in [0.2, 0.25) is 0 Å². The monoisotopic (exact) mass is 377 g/mol. The Morgan fingerprint density at radius 1 is 1.23 bits per heavy atom. The number of aliphatic hydroxyl groups is 1. The molecule has 0 aliphatic carbocycles. The van der Waals surface area contributed by atoms with Gasteiger partial charge in [0.05, 0.1) is 11.4 Å². The summed E-state index contributed by atoms with van der Waals surface area (Å²) in [6, 6.07) is 1.15. The van der Waals surface area contributed by atoms with Crippen LogP contribution in [0.5, 0.6) is 0 Å². The van der Waals surface area contributed by atoms with Gasteiger partial charge in [0, 0.05) is 56.4 Å². The lowest BCUT2D eigenvalue weighted by Gasteiger charge is -2.47. The van der Waals surface area contributed by atoms with E-state index in [4.69, 9.17) is 0 Å². The van der Waals surface area contributed by atoms with Crippen molar-refractivity contribution >= 4 is 16.3 Å². The Kier molecular flexibility index (Phi) is 5.61. The van der Waals surface area contributed by atoms with Gasteiger partial charge in [-0.2, -0.15) is 0 Å². The highest BCUT2D eigenvalue weighted by molar-refractivity contribution is 7.15. The molecule has 0 amide bonds. The number of aryl methyl sites for hydroxylation is 1. The van der Waals surface area contributed by atoms with Gasteiger partial charge in [0.25, 0.3) is 0 Å². The first-order valence-electron chi connectivity index (χ1n) is 9.84. The maximum Gasteiger partial charge on any atom is 0.194 e. The fraction of sp³-hybridized carbons (Fsp3) is 0.737. The van der Waals surface area contributed by atoms with E-state index in [1.807, 2.05) is 0 Å². The minimum atomic E-state index is 0.280. The van der Waals surface area contributed by atoms with Gasteiger partial charge in [-0.15, -0.1) is 11.3 Å². The molecule has 0 radical (unpaired) electrons. The van der Waals surface area contributed by atoms with Gasteiger partial charge in [-0.1, -0.05) is 0 Å². The van der Waals surface area contributed by atoms with Crippen molar-refractivity contribution in [1.29, 1.82) is 0 Å². The number of aliphatic hydroxyl groups excluding tert-OH is 1. The van der Waals surface area contributed by atoms with Crippen molar-refractivity contribution in [3.05, 3.63) is 23.0 Å². The van der Waals surface area contributed by atoms with E-state index in [-0.39, 0.29) is 6.61 Å². The first-order chi connectivity index (χ1) is 12.7. The average molecular weight is 378 g/mol. The molecule has 7 heteroatoms. The SMILES string of the molecule is Cc1nc2sccn2c1CN1CCN(C2CCN(C)CC2)[C@@H](CCO)C1. The van der Waals surface area contributed by atoms with E-state index in [9.17, 15) is 5.11 Å². The summed E-state index contributed by atoms with van der Waals surface area (Å²) >= 11 is 1.70. The van der Waals surface area contributed by atoms with Crippen molar-refractivity contribution in [3.8, 4) is 0 Å². The smallest absolute Gasteiger partial charge is 0.194 e. The molecular formula is C19H31N5OS. The number of thiazole rings is 1. The van der Waals surface area contributed by atoms with Gasteiger partial charge in [0.1, 0.15) is 0 Å². The van der Waals surface area contributed by atoms with E-state index in [0.717, 1.165) is 43.3 Å². The Morgan fingerprint density at radius 3 is 2.81 bits per heavy atom. The van der Waals surface area contributed by atoms with E-state index in [1.54, 1.807) is 11.3 Å². The van der Waals surface area contributed by atoms with Crippen LogP contribution in [-0.2, 0) is 6.54 Å². The van der Waals surface area contributed by atoms with Crippen molar-refractivity contribution < 1.29 is 5.11 Å². The Hall–Kier alpha value is -0.990. The molecule has 1 N–H and O–H groups in total. The fourth-order valence-electron chi connectivity index (χ4n) is 4.63. The number of rotatable bonds is 5. The van der Waals surface area contributed by atoms with Crippen molar-refractivity contribution in [3.63, 3.8) is 0 Å². The molecule has 2 aliphatic heterocycles. The molecule has 144 valence electrons. The van der Waals surface area contributed by atoms with Crippen LogP contribution < -0.4 is 0 Å². The first kappa shape index (κ1) is 18.4. The van der Waals surface area contributed by atoms with Gasteiger partial charge < -0.3 is 10.0 Å². The van der Waals surface area contributed by atoms with E-state index in [1.165, 1.54) is 31.6 Å². The zero-order chi connectivity index (χ0) is 18.1. The quantitative estimate of drug-likeness (QED) is 0.859. The summed E-state index contributed by atoms with van der Waals surface area (Å²) in [4.78, 5) is 13.5. The van der Waals surface area contributed by atoms with Gasteiger partial charge >= 0.3 is 0 Å². The minimum absolute atomic E-state index is 0.280. The lowest BCUT2D eigenvalue weighted by atomic mass is 9.98. The van der Waals surface area contributed by atoms with E-state index in [2.05, 4.69) is 49.6 Å². The van der Waals surface area contributed by atoms with Crippen molar-refractivity contribution in [2.24, 2.45) is 0 Å². The zero-order valence-electron chi connectivity index (χ0n) is 16.0. The predicted molar refractivity (Wildman–Crippen MR) is 106 cm³/mol. The Morgan fingerprint density at radius 2 is 2.04 bits per heavy atom. The zero-order valence-corrected chi connectivity index (χ0v) is 16.8. The molecule has 4 rings (SSSR count). The summed E-state index contributed by atoms with van der Waals surface area (Å²) in [7, 11) is 2.22. The van der Waals surface area contributed by atoms with Crippen LogP contribution in [0, 0.1) is 6.92 Å². The van der Waals surface area contributed by atoms with Gasteiger partial charge in [-0.25, -0.2) is 4.98 Å². The third-order valence-electron chi connectivity index (χ3n) is 6.17. The molecule has 4 heterocycles. The Bertz CT molecular complexity index is 721. The number of fused-ring (bicyclic) bond motifs is 1. The van der Waals surface area contributed by atoms with E-state index in [0.29, 0.717) is 12.1 Å². The summed E-state index contributed by atoms with van der Waals surface area (Å²) < 4.78 is 2.24. The third-order valence-corrected chi connectivity index (χ3v) is 6.92. The molecule has 2 aromatic rings. The van der Waals surface area contributed by atoms with Crippen LogP contribution in [0.1, 0.15) is 30.7 Å². The molecule has 2 aromatic heterocycles. The van der Waals surface area contributed by atoms with Crippen LogP contribution in [0.15, 0.2) is 11.6 Å². The van der Waals surface area contributed by atoms with Crippen LogP contribution in [-0.4, -0.2) is 87.7 Å². The molecular weight excluding hydrogens is 346 g/mol. The normalized spacial score (nSPS) is 24.7. The second-order valence-corrected chi connectivity index (χ2v) is 8.75. The molecule has 1 atom stereocenters. The molecule has 2 saturated heterocycles. The van der Waals surface area contributed by atoms with Crippen LogP contribution in [0.3, 0.4) is 0 Å². The molecule has 6 nitrogen and oxygen atoms in total. The number of aromatic nitrogens is 2. The Labute approximate surface area is 160 Å². The summed E-state index contributed by atoms with van der Waals surface area (Å²) in [6.45, 7) is 9.01. The Balaban J connectivity index is 1.44. The van der Waals surface area contributed by atoms with Gasteiger partial charge in [0.2, 0.25) is 0 Å². The van der Waals surface area contributed by atoms with Crippen LogP contribution >= 0.6 is 11.3 Å². The lowest BCUT2D eigenvalue weighted by Crippen LogP contribution is -2.58. The second kappa shape index (κ2) is 7.94. The van der Waals surface area contributed by atoms with Crippen molar-refractivity contribution in [1.82, 2.24) is 24.1 Å². The number of nitrogens with zero attached hydrogens (tertiary/aromatic N) is 5. The summed E-state index contributed by atoms with van der Waals surface area (Å²) in [5, 5.41) is 11.7. The maximum atomic E-state index is 9.61. The number of likely N-dealkylation sites (tertiary alicyclic amines) is 1. The highest BCUT2D eigenvalue weighted by atomic mass is 32.1. The number of hydrogen-bond acceptors (Lipinski definition) is 6. The molecule has 0 saturated carbocycles. The standard InChI is InChI=1S/C19H31N5OS/c1-15-18(24-10-12-26-19(24)20-15)14-22-8-9-23(17(13-22)5-11-25)16-3-6-21(2)7-4-16/h10,12,16-17,25H,3-9,11,13-14H2,1-2H3/t17-/m0/s1. The third kappa shape index (κ3) is 3.68. The number of hydrogen-bond donors (Lipinski definition) is 1. The van der Waals surface area contributed by atoms with Gasteiger partial charge in [-0.3, -0.25) is 14.2 Å². The molecule has 0 spiro atoms. The average Bonchev–Trinajstić information content (AvgIpc) is 3.19. The van der Waals surface area contributed by atoms with E-state index >= 15 is 0 Å². The summed E-state index contributed by atoms with van der Waals surface area (Å²) in [5.41, 5.74) is 2.46. The first-order valence-corrected chi connectivity index (χ1v) is 10.7. The van der Waals surface area contributed by atoms with E-state index < -0.39 is 0 Å². The van der Waals surface area contributed by atoms with Crippen molar-refractivity contribution in [2.75, 3.05) is 46.4 Å². The molecule has 26 heavy (non-hydrogen) atoms. The van der Waals surface area contributed by atoms with Crippen LogP contribution in [0.25, 0.3) is 4.96 Å². The topological polar surface area (TPSA) is 47.2 Å². The summed E-state index contributed by atoms with van der Waals surface area (Å²) in [5.74, 6) is 0. The molecule has 2 fully saturated rings. The molecule has 2 aliphatic rings. The highest BCUT2D eigenvalue weighted by Crippen LogP contribution is 2.25. The molecule has 0 bridgehead atoms. The largest absolute Gasteiger partial charge is 0.396 e. The number of imidazole rings is 1.